The van der Waals surface area contributed by atoms with Crippen LogP contribution in [0.5, 0.6) is 0 Å². The first-order chi connectivity index (χ1) is 9.87. The average Bonchev–Trinajstić information content (AvgIpc) is 3.00. The van der Waals surface area contributed by atoms with Crippen molar-refractivity contribution in [2.45, 2.75) is 42.4 Å². The van der Waals surface area contributed by atoms with Crippen LogP contribution in [0.1, 0.15) is 19.3 Å². The third kappa shape index (κ3) is 2.76. The highest BCUT2D eigenvalue weighted by molar-refractivity contribution is 7.89. The van der Waals surface area contributed by atoms with E-state index in [0.717, 1.165) is 18.9 Å². The Bertz CT molecular complexity index is 693. The van der Waals surface area contributed by atoms with E-state index in [9.17, 15) is 18.5 Å². The summed E-state index contributed by atoms with van der Waals surface area (Å²) >= 11 is 5.88. The number of ether oxygens (including phenoxy) is 1. The highest BCUT2D eigenvalue weighted by Gasteiger charge is 2.42. The largest absolute Gasteiger partial charge is 0.373 e. The van der Waals surface area contributed by atoms with Gasteiger partial charge in [-0.15, -0.1) is 0 Å². The van der Waals surface area contributed by atoms with Gasteiger partial charge >= 0.3 is 0 Å². The maximum absolute atomic E-state index is 12.4. The number of nitrogens with one attached hydrogen (secondary N) is 1. The quantitative estimate of drug-likeness (QED) is 0.670. The summed E-state index contributed by atoms with van der Waals surface area (Å²) in [5, 5.41) is 10.7. The number of benzene rings is 1. The maximum atomic E-state index is 12.4. The fraction of sp³-hybridized carbons (Fsp3) is 0.500. The molecule has 0 radical (unpaired) electrons. The van der Waals surface area contributed by atoms with Gasteiger partial charge in [0.2, 0.25) is 10.0 Å². The first-order valence-corrected chi connectivity index (χ1v) is 8.34. The lowest BCUT2D eigenvalue weighted by Crippen LogP contribution is -2.41. The summed E-state index contributed by atoms with van der Waals surface area (Å²) in [4.78, 5) is 9.83. The Labute approximate surface area is 126 Å². The van der Waals surface area contributed by atoms with Crippen molar-refractivity contribution in [1.29, 1.82) is 0 Å². The van der Waals surface area contributed by atoms with E-state index in [2.05, 4.69) is 4.72 Å². The Morgan fingerprint density at radius 3 is 2.71 bits per heavy atom. The summed E-state index contributed by atoms with van der Waals surface area (Å²) < 4.78 is 32.9. The van der Waals surface area contributed by atoms with Crippen LogP contribution in [0.3, 0.4) is 0 Å². The summed E-state index contributed by atoms with van der Waals surface area (Å²) in [5.74, 6) is 0. The zero-order valence-electron chi connectivity index (χ0n) is 10.9. The zero-order valence-corrected chi connectivity index (χ0v) is 12.4. The molecule has 21 heavy (non-hydrogen) atoms. The van der Waals surface area contributed by atoms with Gasteiger partial charge in [-0.2, -0.15) is 0 Å². The summed E-state index contributed by atoms with van der Waals surface area (Å²) in [6.45, 7) is 0. The van der Waals surface area contributed by atoms with E-state index < -0.39 is 14.9 Å². The Kier molecular flexibility index (Phi) is 3.64. The monoisotopic (exact) mass is 332 g/mol. The van der Waals surface area contributed by atoms with E-state index in [-0.39, 0.29) is 33.9 Å². The standard InChI is InChI=1S/C12H13ClN2O5S/c13-9-3-1-7(15(16)17)5-12(9)21(18,19)14-10-6-8-2-4-11(10)20-8/h1,3,5,8,10-11,14H,2,4,6H2. The number of nitro benzene ring substituents is 1. The van der Waals surface area contributed by atoms with Crippen molar-refractivity contribution in [3.63, 3.8) is 0 Å². The number of hydrogen-bond donors (Lipinski definition) is 1. The first kappa shape index (κ1) is 14.7. The molecule has 1 N–H and O–H groups in total. The van der Waals surface area contributed by atoms with Gasteiger partial charge in [0.25, 0.3) is 5.69 Å². The smallest absolute Gasteiger partial charge is 0.270 e. The first-order valence-electron chi connectivity index (χ1n) is 6.48. The van der Waals surface area contributed by atoms with Crippen molar-refractivity contribution in [2.24, 2.45) is 0 Å². The van der Waals surface area contributed by atoms with E-state index in [1.54, 1.807) is 0 Å². The van der Waals surface area contributed by atoms with Crippen LogP contribution in [0.2, 0.25) is 5.02 Å². The Morgan fingerprint density at radius 1 is 1.38 bits per heavy atom. The van der Waals surface area contributed by atoms with Crippen LogP contribution in [-0.2, 0) is 14.8 Å². The molecule has 0 aliphatic carbocycles. The predicted octanol–water partition coefficient (Wildman–Crippen LogP) is 1.85. The predicted molar refractivity (Wildman–Crippen MR) is 74.7 cm³/mol. The van der Waals surface area contributed by atoms with Crippen molar-refractivity contribution in [3.8, 4) is 0 Å². The van der Waals surface area contributed by atoms with Crippen molar-refractivity contribution in [3.05, 3.63) is 33.3 Å². The van der Waals surface area contributed by atoms with Gasteiger partial charge in [0.1, 0.15) is 4.90 Å². The van der Waals surface area contributed by atoms with Crippen LogP contribution in [0.15, 0.2) is 23.1 Å². The molecular weight excluding hydrogens is 320 g/mol. The molecule has 2 saturated heterocycles. The molecule has 9 heteroatoms. The lowest BCUT2D eigenvalue weighted by molar-refractivity contribution is -0.385. The summed E-state index contributed by atoms with van der Waals surface area (Å²) in [6.07, 6.45) is 2.36. The minimum Gasteiger partial charge on any atom is -0.373 e. The van der Waals surface area contributed by atoms with E-state index in [1.807, 2.05) is 0 Å². The second-order valence-corrected chi connectivity index (χ2v) is 7.30. The van der Waals surface area contributed by atoms with E-state index in [4.69, 9.17) is 16.3 Å². The van der Waals surface area contributed by atoms with Crippen molar-refractivity contribution in [1.82, 2.24) is 4.72 Å². The van der Waals surface area contributed by atoms with Gasteiger partial charge in [0, 0.05) is 12.1 Å². The van der Waals surface area contributed by atoms with E-state index >= 15 is 0 Å². The maximum Gasteiger partial charge on any atom is 0.270 e. The third-order valence-electron chi connectivity index (χ3n) is 3.83. The molecule has 2 aliphatic rings. The molecule has 1 aromatic rings. The molecule has 2 aliphatic heterocycles. The van der Waals surface area contributed by atoms with Crippen molar-refractivity contribution < 1.29 is 18.1 Å². The Balaban J connectivity index is 1.88. The average molecular weight is 333 g/mol. The highest BCUT2D eigenvalue weighted by Crippen LogP contribution is 2.35. The minimum absolute atomic E-state index is 0.0443. The SMILES string of the molecule is O=[N+]([O-])c1ccc(Cl)c(S(=O)(=O)NC2CC3CCC2O3)c1. The molecule has 0 aromatic heterocycles. The molecule has 3 rings (SSSR count). The molecule has 2 heterocycles. The van der Waals surface area contributed by atoms with Crippen LogP contribution in [0.4, 0.5) is 5.69 Å². The number of non-ortho nitro benzene ring substituents is 1. The van der Waals surface area contributed by atoms with Gasteiger partial charge in [0.15, 0.2) is 0 Å². The molecule has 2 bridgehead atoms. The molecule has 3 unspecified atom stereocenters. The Morgan fingerprint density at radius 2 is 2.14 bits per heavy atom. The molecule has 3 atom stereocenters. The van der Waals surface area contributed by atoms with Crippen LogP contribution in [0, 0.1) is 10.1 Å². The topological polar surface area (TPSA) is 98.5 Å². The van der Waals surface area contributed by atoms with E-state index in [1.165, 1.54) is 12.1 Å². The van der Waals surface area contributed by atoms with Gasteiger partial charge in [-0.3, -0.25) is 10.1 Å². The number of nitrogens with zero attached hydrogens (tertiary/aromatic N) is 1. The molecule has 0 spiro atoms. The molecule has 7 nitrogen and oxygen atoms in total. The summed E-state index contributed by atoms with van der Waals surface area (Å²) in [6, 6.07) is 3.05. The minimum atomic E-state index is -3.92. The van der Waals surface area contributed by atoms with Gasteiger partial charge in [0.05, 0.1) is 28.2 Å². The van der Waals surface area contributed by atoms with Crippen LogP contribution < -0.4 is 4.72 Å². The molecular formula is C12H13ClN2O5S. The second-order valence-electron chi connectivity index (χ2n) is 5.21. The van der Waals surface area contributed by atoms with E-state index in [0.29, 0.717) is 6.42 Å². The number of hydrogen-bond acceptors (Lipinski definition) is 5. The second kappa shape index (κ2) is 5.20. The van der Waals surface area contributed by atoms with Crippen molar-refractivity contribution in [2.75, 3.05) is 0 Å². The van der Waals surface area contributed by atoms with Gasteiger partial charge in [-0.1, -0.05) is 11.6 Å². The normalized spacial score (nSPS) is 28.0. The van der Waals surface area contributed by atoms with Gasteiger partial charge < -0.3 is 4.74 Å². The summed E-state index contributed by atoms with van der Waals surface area (Å²) in [7, 11) is -3.92. The number of nitro groups is 1. The number of fused-ring (bicyclic) bond motifs is 2. The van der Waals surface area contributed by atoms with Gasteiger partial charge in [-0.25, -0.2) is 13.1 Å². The molecule has 0 amide bonds. The van der Waals surface area contributed by atoms with Crippen molar-refractivity contribution >= 4 is 27.3 Å². The third-order valence-corrected chi connectivity index (χ3v) is 5.80. The summed E-state index contributed by atoms with van der Waals surface area (Å²) in [5.41, 5.74) is -0.316. The highest BCUT2D eigenvalue weighted by atomic mass is 35.5. The molecule has 1 aromatic carbocycles. The van der Waals surface area contributed by atoms with Gasteiger partial charge in [-0.05, 0) is 25.3 Å². The lowest BCUT2D eigenvalue weighted by atomic mass is 9.96. The fourth-order valence-electron chi connectivity index (χ4n) is 2.84. The van der Waals surface area contributed by atoms with Crippen LogP contribution in [-0.4, -0.2) is 31.6 Å². The fourth-order valence-corrected chi connectivity index (χ4v) is 4.63. The molecule has 114 valence electrons. The zero-order chi connectivity index (χ0) is 15.2. The number of halogens is 1. The molecule has 0 saturated carbocycles. The van der Waals surface area contributed by atoms with Crippen LogP contribution >= 0.6 is 11.6 Å². The number of sulfonamides is 1. The van der Waals surface area contributed by atoms with Crippen LogP contribution in [0.25, 0.3) is 0 Å². The molecule has 2 fully saturated rings. The Hall–Kier alpha value is -1.22. The number of rotatable bonds is 4. The lowest BCUT2D eigenvalue weighted by Gasteiger charge is -2.20.